The minimum atomic E-state index is -1.47. The van der Waals surface area contributed by atoms with E-state index in [-0.39, 0.29) is 12.2 Å². The van der Waals surface area contributed by atoms with Crippen LogP contribution in [-0.4, -0.2) is 27.5 Å². The van der Waals surface area contributed by atoms with Gasteiger partial charge in [-0.25, -0.2) is 4.79 Å². The lowest BCUT2D eigenvalue weighted by Gasteiger charge is -2.06. The summed E-state index contributed by atoms with van der Waals surface area (Å²) in [5, 5.41) is 32.8. The lowest BCUT2D eigenvalue weighted by Crippen LogP contribution is -2.07. The number of nitrogens with one attached hydrogen (secondary N) is 1. The number of aromatic carboxylic acids is 1. The van der Waals surface area contributed by atoms with Gasteiger partial charge >= 0.3 is 5.97 Å². The Morgan fingerprint density at radius 2 is 1.72 bits per heavy atom. The Morgan fingerprint density at radius 1 is 1.28 bits per heavy atom. The Kier molecular flexibility index (Phi) is 3.77. The molecule has 0 spiro atoms. The third-order valence-corrected chi connectivity index (χ3v) is 2.09. The van der Waals surface area contributed by atoms with Crippen LogP contribution in [0.1, 0.15) is 17.3 Å². The van der Waals surface area contributed by atoms with Gasteiger partial charge in [0.15, 0.2) is 5.69 Å². The molecule has 9 heteroatoms. The first-order valence-electron chi connectivity index (χ1n) is 4.82. The Balaban J connectivity index is 3.59. The van der Waals surface area contributed by atoms with Crippen LogP contribution in [-0.2, 0) is 0 Å². The lowest BCUT2D eigenvalue weighted by molar-refractivity contribution is -0.392. The van der Waals surface area contributed by atoms with Crippen LogP contribution >= 0.6 is 0 Å². The first kappa shape index (κ1) is 13.4. The number of nitro groups is 2. The van der Waals surface area contributed by atoms with Crippen molar-refractivity contribution < 1.29 is 19.7 Å². The standard InChI is InChI=1S/C9H9N3O6/c1-2-10-8-6(11(15)16)3-5(9(13)14)4-7(8)12(17)18/h3-4,10H,2H2,1H3,(H,13,14). The van der Waals surface area contributed by atoms with E-state index in [0.717, 1.165) is 12.1 Å². The molecule has 0 saturated carbocycles. The van der Waals surface area contributed by atoms with Gasteiger partial charge in [-0.3, -0.25) is 20.2 Å². The summed E-state index contributed by atoms with van der Waals surface area (Å²) in [4.78, 5) is 30.6. The van der Waals surface area contributed by atoms with Crippen LogP contribution < -0.4 is 5.32 Å². The summed E-state index contributed by atoms with van der Waals surface area (Å²) in [5.74, 6) is -1.47. The van der Waals surface area contributed by atoms with Crippen LogP contribution in [0.5, 0.6) is 0 Å². The highest BCUT2D eigenvalue weighted by Crippen LogP contribution is 2.35. The fourth-order valence-electron chi connectivity index (χ4n) is 1.38. The van der Waals surface area contributed by atoms with E-state index >= 15 is 0 Å². The molecule has 0 aliphatic carbocycles. The van der Waals surface area contributed by atoms with Crippen molar-refractivity contribution in [2.24, 2.45) is 0 Å². The highest BCUT2D eigenvalue weighted by molar-refractivity contribution is 5.92. The summed E-state index contributed by atoms with van der Waals surface area (Å²) >= 11 is 0. The molecule has 0 radical (unpaired) electrons. The van der Waals surface area contributed by atoms with Crippen LogP contribution in [0, 0.1) is 20.2 Å². The molecule has 2 N–H and O–H groups in total. The molecule has 9 nitrogen and oxygen atoms in total. The minimum absolute atomic E-state index is 0.230. The monoisotopic (exact) mass is 255 g/mol. The largest absolute Gasteiger partial charge is 0.478 e. The normalized spacial score (nSPS) is 9.83. The van der Waals surface area contributed by atoms with E-state index < -0.39 is 32.8 Å². The lowest BCUT2D eigenvalue weighted by atomic mass is 10.1. The number of benzene rings is 1. The molecule has 0 atom stereocenters. The predicted molar refractivity (Wildman–Crippen MR) is 60.9 cm³/mol. The van der Waals surface area contributed by atoms with Gasteiger partial charge in [0, 0.05) is 18.7 Å². The summed E-state index contributed by atoms with van der Waals surface area (Å²) in [6.45, 7) is 1.84. The Hall–Kier alpha value is -2.71. The van der Waals surface area contributed by atoms with Crippen LogP contribution in [0.4, 0.5) is 17.1 Å². The molecule has 18 heavy (non-hydrogen) atoms. The van der Waals surface area contributed by atoms with Crippen LogP contribution in [0.2, 0.25) is 0 Å². The molecule has 1 rings (SSSR count). The molecular weight excluding hydrogens is 246 g/mol. The summed E-state index contributed by atoms with van der Waals surface area (Å²) in [7, 11) is 0. The average molecular weight is 255 g/mol. The van der Waals surface area contributed by atoms with Gasteiger partial charge < -0.3 is 10.4 Å². The molecule has 0 unspecified atom stereocenters. The topological polar surface area (TPSA) is 136 Å². The van der Waals surface area contributed by atoms with Gasteiger partial charge in [0.25, 0.3) is 11.4 Å². The number of carbonyl (C=O) groups is 1. The maximum Gasteiger partial charge on any atom is 0.336 e. The average Bonchev–Trinajstić information content (AvgIpc) is 2.28. The summed E-state index contributed by atoms with van der Waals surface area (Å²) < 4.78 is 0. The van der Waals surface area contributed by atoms with E-state index in [1.165, 1.54) is 0 Å². The van der Waals surface area contributed by atoms with Crippen molar-refractivity contribution in [1.82, 2.24) is 0 Å². The smallest absolute Gasteiger partial charge is 0.336 e. The van der Waals surface area contributed by atoms with Crippen molar-refractivity contribution in [1.29, 1.82) is 0 Å². The van der Waals surface area contributed by atoms with Gasteiger partial charge in [0.2, 0.25) is 0 Å². The van der Waals surface area contributed by atoms with Crippen molar-refractivity contribution in [3.05, 3.63) is 37.9 Å². The van der Waals surface area contributed by atoms with Gasteiger partial charge in [-0.05, 0) is 6.92 Å². The molecule has 0 heterocycles. The molecule has 0 aliphatic rings. The highest BCUT2D eigenvalue weighted by atomic mass is 16.6. The first-order chi connectivity index (χ1) is 8.38. The van der Waals surface area contributed by atoms with Gasteiger partial charge in [-0.2, -0.15) is 0 Å². The third-order valence-electron chi connectivity index (χ3n) is 2.09. The van der Waals surface area contributed by atoms with Crippen molar-refractivity contribution in [3.8, 4) is 0 Å². The van der Waals surface area contributed by atoms with Crippen molar-refractivity contribution in [2.45, 2.75) is 6.92 Å². The molecule has 0 saturated heterocycles. The maximum absolute atomic E-state index is 10.8. The number of carboxylic acids is 1. The molecule has 0 aromatic heterocycles. The maximum atomic E-state index is 10.8. The molecule has 1 aromatic rings. The molecule has 0 bridgehead atoms. The molecule has 0 amide bonds. The van der Waals surface area contributed by atoms with Crippen LogP contribution in [0.3, 0.4) is 0 Å². The fraction of sp³-hybridized carbons (Fsp3) is 0.222. The van der Waals surface area contributed by atoms with E-state index in [0.29, 0.717) is 0 Å². The number of nitro benzene ring substituents is 2. The SMILES string of the molecule is CCNc1c([N+](=O)[O-])cc(C(=O)O)cc1[N+](=O)[O-]. The number of hydrogen-bond acceptors (Lipinski definition) is 6. The number of nitrogens with zero attached hydrogens (tertiary/aromatic N) is 2. The Bertz CT molecular complexity index is 492. The highest BCUT2D eigenvalue weighted by Gasteiger charge is 2.27. The Morgan fingerprint density at radius 3 is 2.00 bits per heavy atom. The zero-order chi connectivity index (χ0) is 13.9. The van der Waals surface area contributed by atoms with Gasteiger partial charge in [0.05, 0.1) is 15.4 Å². The second-order valence-corrected chi connectivity index (χ2v) is 3.24. The second kappa shape index (κ2) is 5.08. The summed E-state index contributed by atoms with van der Waals surface area (Å²) in [6.07, 6.45) is 0. The zero-order valence-corrected chi connectivity index (χ0v) is 9.24. The molecule has 0 aliphatic heterocycles. The molecular formula is C9H9N3O6. The van der Waals surface area contributed by atoms with E-state index in [2.05, 4.69) is 5.32 Å². The molecule has 0 fully saturated rings. The van der Waals surface area contributed by atoms with Gasteiger partial charge in [-0.15, -0.1) is 0 Å². The van der Waals surface area contributed by atoms with E-state index in [1.807, 2.05) is 0 Å². The van der Waals surface area contributed by atoms with E-state index in [4.69, 9.17) is 5.11 Å². The van der Waals surface area contributed by atoms with E-state index in [1.54, 1.807) is 6.92 Å². The number of anilines is 1. The van der Waals surface area contributed by atoms with Crippen molar-refractivity contribution in [3.63, 3.8) is 0 Å². The fourth-order valence-corrected chi connectivity index (χ4v) is 1.38. The predicted octanol–water partition coefficient (Wildman–Crippen LogP) is 1.63. The summed E-state index contributed by atoms with van der Waals surface area (Å²) in [6, 6.07) is 1.57. The number of rotatable bonds is 5. The quantitative estimate of drug-likeness (QED) is 0.602. The number of hydrogen-bond donors (Lipinski definition) is 2. The summed E-state index contributed by atoms with van der Waals surface area (Å²) in [5.41, 5.74) is -2.07. The third kappa shape index (κ3) is 2.51. The zero-order valence-electron chi connectivity index (χ0n) is 9.24. The van der Waals surface area contributed by atoms with Crippen LogP contribution in [0.25, 0.3) is 0 Å². The van der Waals surface area contributed by atoms with Crippen LogP contribution in [0.15, 0.2) is 12.1 Å². The Labute approximate surface area is 100 Å². The van der Waals surface area contributed by atoms with Gasteiger partial charge in [-0.1, -0.05) is 0 Å². The van der Waals surface area contributed by atoms with Crippen molar-refractivity contribution in [2.75, 3.05) is 11.9 Å². The molecule has 1 aromatic carbocycles. The van der Waals surface area contributed by atoms with Crippen molar-refractivity contribution >= 4 is 23.0 Å². The molecule has 96 valence electrons. The minimum Gasteiger partial charge on any atom is -0.478 e. The van der Waals surface area contributed by atoms with Gasteiger partial charge in [0.1, 0.15) is 0 Å². The first-order valence-corrected chi connectivity index (χ1v) is 4.82. The number of carboxylic acid groups (broad SMARTS) is 1. The van der Waals surface area contributed by atoms with E-state index in [9.17, 15) is 25.0 Å². The second-order valence-electron chi connectivity index (χ2n) is 3.24.